The molecule has 1 aromatic carbocycles. The predicted octanol–water partition coefficient (Wildman–Crippen LogP) is 3.83. The van der Waals surface area contributed by atoms with E-state index in [2.05, 4.69) is 20.2 Å². The van der Waals surface area contributed by atoms with Crippen molar-refractivity contribution in [3.63, 3.8) is 0 Å². The molecule has 2 aromatic heterocycles. The smallest absolute Gasteiger partial charge is 0.246 e. The second kappa shape index (κ2) is 10.5. The van der Waals surface area contributed by atoms with Gasteiger partial charge in [-0.3, -0.25) is 14.5 Å². The first-order chi connectivity index (χ1) is 17.4. The Hall–Kier alpha value is -3.08. The summed E-state index contributed by atoms with van der Waals surface area (Å²) in [5.74, 6) is 0.271. The zero-order valence-electron chi connectivity index (χ0n) is 19.8. The van der Waals surface area contributed by atoms with Gasteiger partial charge in [0.2, 0.25) is 11.8 Å². The summed E-state index contributed by atoms with van der Waals surface area (Å²) in [6.45, 7) is 6.51. The number of thiophene rings is 1. The van der Waals surface area contributed by atoms with Crippen LogP contribution in [0.4, 0.5) is 15.9 Å². The van der Waals surface area contributed by atoms with E-state index in [0.29, 0.717) is 37.6 Å². The lowest BCUT2D eigenvalue weighted by atomic mass is 10.0. The van der Waals surface area contributed by atoms with Crippen molar-refractivity contribution in [3.05, 3.63) is 58.0 Å². The van der Waals surface area contributed by atoms with Crippen LogP contribution in [0.1, 0.15) is 17.4 Å². The molecule has 11 heteroatoms. The lowest BCUT2D eigenvalue weighted by molar-refractivity contribution is -0.130. The molecule has 4 heterocycles. The first-order valence-electron chi connectivity index (χ1n) is 11.8. The van der Waals surface area contributed by atoms with E-state index < -0.39 is 5.82 Å². The molecule has 188 valence electrons. The minimum atomic E-state index is -0.475. The number of halogens is 2. The minimum Gasteiger partial charge on any atom is -0.340 e. The molecule has 1 fully saturated rings. The minimum absolute atomic E-state index is 0.00846. The average Bonchev–Trinajstić information content (AvgIpc) is 3.25. The number of nitrogens with one attached hydrogen (secondary N) is 1. The molecule has 2 amide bonds. The predicted molar refractivity (Wildman–Crippen MR) is 139 cm³/mol. The van der Waals surface area contributed by atoms with E-state index in [-0.39, 0.29) is 16.8 Å². The van der Waals surface area contributed by atoms with Crippen LogP contribution in [0.3, 0.4) is 0 Å². The van der Waals surface area contributed by atoms with Gasteiger partial charge in [-0.25, -0.2) is 14.4 Å². The SMILES string of the molecule is CC(=O)N1CCN(C/C=C/C(=O)N2CCc3c(sc4ncnc(Nc5ccc(F)c(Cl)c5)c34)C2)CC1. The van der Waals surface area contributed by atoms with E-state index in [9.17, 15) is 14.0 Å². The lowest BCUT2D eigenvalue weighted by Gasteiger charge is -2.33. The number of aromatic nitrogens is 2. The number of hydrogen-bond donors (Lipinski definition) is 1. The van der Waals surface area contributed by atoms with E-state index in [4.69, 9.17) is 11.6 Å². The molecular weight excluding hydrogens is 503 g/mol. The molecule has 1 saturated heterocycles. The highest BCUT2D eigenvalue weighted by Gasteiger charge is 2.26. The number of benzene rings is 1. The fourth-order valence-corrected chi connectivity index (χ4v) is 5.96. The van der Waals surface area contributed by atoms with Crippen LogP contribution in [0.25, 0.3) is 10.2 Å². The van der Waals surface area contributed by atoms with Crippen LogP contribution in [0.5, 0.6) is 0 Å². The number of rotatable bonds is 5. The van der Waals surface area contributed by atoms with E-state index in [1.807, 2.05) is 15.9 Å². The number of nitrogens with zero attached hydrogens (tertiary/aromatic N) is 5. The topological polar surface area (TPSA) is 81.7 Å². The normalized spacial score (nSPS) is 16.5. The second-order valence-corrected chi connectivity index (χ2v) is 10.4. The molecule has 0 bridgehead atoms. The van der Waals surface area contributed by atoms with Crippen LogP contribution in [0.15, 0.2) is 36.7 Å². The Kier molecular flexibility index (Phi) is 7.17. The third-order valence-electron chi connectivity index (χ3n) is 6.57. The molecule has 0 unspecified atom stereocenters. The van der Waals surface area contributed by atoms with Gasteiger partial charge in [-0.15, -0.1) is 11.3 Å². The van der Waals surface area contributed by atoms with Crippen LogP contribution in [-0.2, 0) is 22.6 Å². The molecule has 36 heavy (non-hydrogen) atoms. The first-order valence-corrected chi connectivity index (χ1v) is 13.0. The zero-order chi connectivity index (χ0) is 25.2. The Labute approximate surface area is 217 Å². The van der Waals surface area contributed by atoms with Gasteiger partial charge >= 0.3 is 0 Å². The number of amides is 2. The highest BCUT2D eigenvalue weighted by molar-refractivity contribution is 7.19. The number of anilines is 2. The Morgan fingerprint density at radius 1 is 1.17 bits per heavy atom. The van der Waals surface area contributed by atoms with Gasteiger partial charge in [-0.05, 0) is 30.2 Å². The maximum atomic E-state index is 13.5. The molecule has 3 aromatic rings. The van der Waals surface area contributed by atoms with Crippen LogP contribution >= 0.6 is 22.9 Å². The third kappa shape index (κ3) is 5.21. The second-order valence-electron chi connectivity index (χ2n) is 8.88. The fourth-order valence-electron chi connectivity index (χ4n) is 4.57. The van der Waals surface area contributed by atoms with Crippen LogP contribution < -0.4 is 5.32 Å². The summed E-state index contributed by atoms with van der Waals surface area (Å²) in [6, 6.07) is 4.46. The van der Waals surface area contributed by atoms with Gasteiger partial charge < -0.3 is 15.1 Å². The fraction of sp³-hybridized carbons (Fsp3) is 0.360. The monoisotopic (exact) mass is 528 g/mol. The van der Waals surface area contributed by atoms with Crippen molar-refractivity contribution >= 4 is 56.5 Å². The van der Waals surface area contributed by atoms with Crippen molar-refractivity contribution in [1.82, 2.24) is 24.7 Å². The number of fused-ring (bicyclic) bond motifs is 3. The number of hydrogen-bond acceptors (Lipinski definition) is 7. The first kappa shape index (κ1) is 24.6. The molecule has 0 atom stereocenters. The average molecular weight is 529 g/mol. The molecule has 5 rings (SSSR count). The third-order valence-corrected chi connectivity index (χ3v) is 7.99. The lowest BCUT2D eigenvalue weighted by Crippen LogP contribution is -2.47. The summed E-state index contributed by atoms with van der Waals surface area (Å²) < 4.78 is 13.5. The van der Waals surface area contributed by atoms with Crippen LogP contribution in [-0.4, -0.2) is 75.8 Å². The Bertz CT molecular complexity index is 1340. The molecule has 0 spiro atoms. The van der Waals surface area contributed by atoms with Gasteiger partial charge in [0, 0.05) is 62.8 Å². The Balaban J connectivity index is 1.24. The molecule has 0 aliphatic carbocycles. The number of carbonyl (C=O) groups is 2. The number of carbonyl (C=O) groups excluding carboxylic acids is 2. The van der Waals surface area contributed by atoms with Gasteiger partial charge in [-0.1, -0.05) is 17.7 Å². The van der Waals surface area contributed by atoms with Gasteiger partial charge in [0.1, 0.15) is 22.8 Å². The van der Waals surface area contributed by atoms with E-state index in [1.165, 1.54) is 18.5 Å². The summed E-state index contributed by atoms with van der Waals surface area (Å²) in [5, 5.41) is 4.21. The Morgan fingerprint density at radius 3 is 2.72 bits per heavy atom. The summed E-state index contributed by atoms with van der Waals surface area (Å²) in [6.07, 6.45) is 5.77. The van der Waals surface area contributed by atoms with Gasteiger partial charge in [0.15, 0.2) is 0 Å². The van der Waals surface area contributed by atoms with E-state index in [1.54, 1.807) is 30.4 Å². The Morgan fingerprint density at radius 2 is 1.97 bits per heavy atom. The summed E-state index contributed by atoms with van der Waals surface area (Å²) in [5.41, 5.74) is 1.78. The van der Waals surface area contributed by atoms with Gasteiger partial charge in [0.05, 0.1) is 17.0 Å². The van der Waals surface area contributed by atoms with Crippen molar-refractivity contribution in [2.45, 2.75) is 19.9 Å². The highest BCUT2D eigenvalue weighted by Crippen LogP contribution is 2.38. The summed E-state index contributed by atoms with van der Waals surface area (Å²) >= 11 is 7.49. The molecule has 0 radical (unpaired) electrons. The molecule has 2 aliphatic heterocycles. The van der Waals surface area contributed by atoms with Crippen molar-refractivity contribution in [3.8, 4) is 0 Å². The molecule has 0 saturated carbocycles. The largest absolute Gasteiger partial charge is 0.340 e. The molecule has 8 nitrogen and oxygen atoms in total. The van der Waals surface area contributed by atoms with E-state index >= 15 is 0 Å². The van der Waals surface area contributed by atoms with Crippen molar-refractivity contribution in [2.24, 2.45) is 0 Å². The highest BCUT2D eigenvalue weighted by atomic mass is 35.5. The summed E-state index contributed by atoms with van der Waals surface area (Å²) in [4.78, 5) is 41.1. The quantitative estimate of drug-likeness (QED) is 0.507. The van der Waals surface area contributed by atoms with Crippen LogP contribution in [0, 0.1) is 5.82 Å². The van der Waals surface area contributed by atoms with E-state index in [0.717, 1.165) is 46.8 Å². The maximum absolute atomic E-state index is 13.5. The van der Waals surface area contributed by atoms with Crippen molar-refractivity contribution in [1.29, 1.82) is 0 Å². The maximum Gasteiger partial charge on any atom is 0.246 e. The van der Waals surface area contributed by atoms with Crippen molar-refractivity contribution in [2.75, 3.05) is 44.6 Å². The molecule has 2 aliphatic rings. The summed E-state index contributed by atoms with van der Waals surface area (Å²) in [7, 11) is 0. The van der Waals surface area contributed by atoms with Crippen LogP contribution in [0.2, 0.25) is 5.02 Å². The van der Waals surface area contributed by atoms with Crippen molar-refractivity contribution < 1.29 is 14.0 Å². The van der Waals surface area contributed by atoms with Gasteiger partial charge in [-0.2, -0.15) is 0 Å². The number of piperazine rings is 1. The van der Waals surface area contributed by atoms with Gasteiger partial charge in [0.25, 0.3) is 0 Å². The standard InChI is InChI=1S/C25H26ClFN6O2S/c1-16(34)32-11-9-31(10-12-32)7-2-3-22(35)33-8-6-18-21(14-33)36-25-23(18)24(28-15-29-25)30-17-4-5-20(27)19(26)13-17/h2-5,13,15H,6-12,14H2,1H3,(H,28,29,30)/b3-2+. The zero-order valence-corrected chi connectivity index (χ0v) is 21.4. The molecular formula is C25H26ClFN6O2S. The molecule has 1 N–H and O–H groups in total.